The molecule has 232 valence electrons. The second kappa shape index (κ2) is 14.5. The molecule has 1 aliphatic carbocycles. The van der Waals surface area contributed by atoms with Crippen LogP contribution in [-0.2, 0) is 10.0 Å². The first-order valence-electron chi connectivity index (χ1n) is 13.5. The zero-order chi connectivity index (χ0) is 31.1. The molecule has 4 rings (SSSR count). The van der Waals surface area contributed by atoms with Gasteiger partial charge >= 0.3 is 6.61 Å². The van der Waals surface area contributed by atoms with Gasteiger partial charge in [0, 0.05) is 24.2 Å². The third-order valence-electron chi connectivity index (χ3n) is 6.77. The van der Waals surface area contributed by atoms with Crippen LogP contribution in [0.3, 0.4) is 0 Å². The van der Waals surface area contributed by atoms with Crippen LogP contribution in [0.15, 0.2) is 53.6 Å². The monoisotopic (exact) mass is 657 g/mol. The van der Waals surface area contributed by atoms with Crippen LogP contribution in [0, 0.1) is 5.92 Å². The Morgan fingerprint density at radius 2 is 1.84 bits per heavy atom. The Labute approximate surface area is 258 Å². The number of ether oxygens (including phenoxy) is 3. The first kappa shape index (κ1) is 32.7. The van der Waals surface area contributed by atoms with E-state index in [-0.39, 0.29) is 50.2 Å². The van der Waals surface area contributed by atoms with Gasteiger partial charge in [-0.05, 0) is 74.1 Å². The van der Waals surface area contributed by atoms with Gasteiger partial charge in [0.15, 0.2) is 11.5 Å². The largest absolute Gasteiger partial charge is 0.497 e. The zero-order valence-electron chi connectivity index (χ0n) is 23.4. The molecule has 1 amide bonds. The molecule has 9 nitrogen and oxygen atoms in total. The van der Waals surface area contributed by atoms with Gasteiger partial charge in [-0.1, -0.05) is 30.1 Å². The third-order valence-corrected chi connectivity index (χ3v) is 8.92. The fourth-order valence-corrected chi connectivity index (χ4v) is 5.86. The predicted octanol–water partition coefficient (Wildman–Crippen LogP) is 6.90. The minimum Gasteiger partial charge on any atom is -0.497 e. The van der Waals surface area contributed by atoms with Gasteiger partial charge in [-0.25, -0.2) is 13.1 Å². The number of anilines is 1. The Morgan fingerprint density at radius 3 is 2.49 bits per heavy atom. The van der Waals surface area contributed by atoms with E-state index in [0.29, 0.717) is 36.8 Å². The van der Waals surface area contributed by atoms with Gasteiger partial charge < -0.3 is 19.5 Å². The lowest BCUT2D eigenvalue weighted by atomic mass is 10.0. The molecule has 1 aromatic heterocycles. The molecular formula is C29H31Cl2F2N3O6S. The highest BCUT2D eigenvalue weighted by molar-refractivity contribution is 7.89. The summed E-state index contributed by atoms with van der Waals surface area (Å²) in [5.41, 5.74) is 0.724. The number of rotatable bonds is 15. The van der Waals surface area contributed by atoms with Gasteiger partial charge in [0.25, 0.3) is 5.91 Å². The fourth-order valence-electron chi connectivity index (χ4n) is 4.16. The quantitative estimate of drug-likeness (QED) is 0.171. The van der Waals surface area contributed by atoms with Crippen LogP contribution < -0.4 is 24.2 Å². The van der Waals surface area contributed by atoms with E-state index in [0.717, 1.165) is 12.8 Å². The molecule has 0 bridgehead atoms. The summed E-state index contributed by atoms with van der Waals surface area (Å²) in [4.78, 5) is 17.6. The molecule has 3 aromatic rings. The van der Waals surface area contributed by atoms with Crippen LogP contribution in [0.4, 0.5) is 14.5 Å². The van der Waals surface area contributed by atoms with Crippen molar-refractivity contribution in [2.75, 3.05) is 25.6 Å². The molecule has 1 saturated carbocycles. The van der Waals surface area contributed by atoms with Crippen LogP contribution in [0.5, 0.6) is 17.2 Å². The average Bonchev–Trinajstić information content (AvgIpc) is 3.81. The van der Waals surface area contributed by atoms with Crippen molar-refractivity contribution in [3.05, 3.63) is 70.0 Å². The van der Waals surface area contributed by atoms with Crippen molar-refractivity contribution >= 4 is 44.8 Å². The van der Waals surface area contributed by atoms with E-state index in [2.05, 4.69) is 19.8 Å². The lowest BCUT2D eigenvalue weighted by Crippen LogP contribution is -2.25. The highest BCUT2D eigenvalue weighted by atomic mass is 35.5. The molecule has 0 radical (unpaired) electrons. The number of amides is 1. The van der Waals surface area contributed by atoms with Crippen LogP contribution in [-0.4, -0.2) is 46.2 Å². The van der Waals surface area contributed by atoms with E-state index in [1.54, 1.807) is 12.1 Å². The summed E-state index contributed by atoms with van der Waals surface area (Å²) < 4.78 is 68.7. The molecule has 43 heavy (non-hydrogen) atoms. The maximum Gasteiger partial charge on any atom is 0.387 e. The van der Waals surface area contributed by atoms with E-state index in [1.807, 2.05) is 6.92 Å². The number of nitrogens with one attached hydrogen (secondary N) is 2. The lowest BCUT2D eigenvalue weighted by molar-refractivity contribution is -0.0515. The summed E-state index contributed by atoms with van der Waals surface area (Å²) in [6.45, 7) is -0.663. The number of hydrogen-bond acceptors (Lipinski definition) is 7. The average molecular weight is 659 g/mol. The Kier molecular flexibility index (Phi) is 11.0. The molecule has 0 saturated heterocycles. The Balaban J connectivity index is 1.39. The van der Waals surface area contributed by atoms with Crippen molar-refractivity contribution in [1.29, 1.82) is 0 Å². The number of methoxy groups -OCH3 is 1. The minimum absolute atomic E-state index is 0.0312. The van der Waals surface area contributed by atoms with E-state index < -0.39 is 22.5 Å². The zero-order valence-corrected chi connectivity index (χ0v) is 25.7. The number of carbonyl (C=O) groups is 1. The number of hydrogen-bond donors (Lipinski definition) is 2. The molecule has 1 fully saturated rings. The van der Waals surface area contributed by atoms with E-state index in [9.17, 15) is 22.0 Å². The normalized spacial score (nSPS) is 13.9. The summed E-state index contributed by atoms with van der Waals surface area (Å²) in [7, 11) is -2.19. The molecule has 1 heterocycles. The van der Waals surface area contributed by atoms with Crippen LogP contribution in [0.1, 0.15) is 54.6 Å². The number of carbonyl (C=O) groups excluding carboxylic acids is 1. The molecule has 1 atom stereocenters. The smallest absolute Gasteiger partial charge is 0.387 e. The van der Waals surface area contributed by atoms with Crippen molar-refractivity contribution < 1.29 is 36.2 Å². The van der Waals surface area contributed by atoms with E-state index >= 15 is 0 Å². The lowest BCUT2D eigenvalue weighted by Gasteiger charge is -2.17. The van der Waals surface area contributed by atoms with E-state index in [4.69, 9.17) is 32.7 Å². The maximum atomic E-state index is 13.1. The standard InChI is InChI=1S/C29H31Cl2F2N3O6S/c1-17(4-3-13-35-43(38,39)21-10-8-20(40-2)9-11-21)26-25(31)27(22(30)15-34-26)36-28(37)19-7-12-23(42-29(32)33)24(14-19)41-16-18-5-6-18/h7-12,14-15,17-18,29,35H,3-6,13,16H2,1-2H3,(H,34,36,37). The van der Waals surface area contributed by atoms with Gasteiger partial charge in [-0.3, -0.25) is 9.78 Å². The van der Waals surface area contributed by atoms with Gasteiger partial charge in [0.05, 0.1) is 40.0 Å². The van der Waals surface area contributed by atoms with Crippen molar-refractivity contribution in [2.45, 2.75) is 50.0 Å². The van der Waals surface area contributed by atoms with Gasteiger partial charge in [-0.15, -0.1) is 0 Å². The Morgan fingerprint density at radius 1 is 1.12 bits per heavy atom. The number of aromatic nitrogens is 1. The van der Waals surface area contributed by atoms with Crippen molar-refractivity contribution in [2.24, 2.45) is 5.92 Å². The third kappa shape index (κ3) is 8.91. The van der Waals surface area contributed by atoms with Crippen molar-refractivity contribution in [3.8, 4) is 17.2 Å². The summed E-state index contributed by atoms with van der Waals surface area (Å²) in [5.74, 6) is -0.0464. The number of sulfonamides is 1. The molecule has 2 N–H and O–H groups in total. The SMILES string of the molecule is COc1ccc(S(=O)(=O)NCCCC(C)c2ncc(Cl)c(NC(=O)c3ccc(OC(F)F)c(OCC4CC4)c3)c2Cl)cc1. The number of alkyl halides is 2. The van der Waals surface area contributed by atoms with Crippen LogP contribution in [0.2, 0.25) is 10.0 Å². The van der Waals surface area contributed by atoms with Crippen molar-refractivity contribution in [3.63, 3.8) is 0 Å². The van der Waals surface area contributed by atoms with Crippen LogP contribution in [0.25, 0.3) is 0 Å². The molecule has 2 aromatic carbocycles. The van der Waals surface area contributed by atoms with Crippen LogP contribution >= 0.6 is 23.2 Å². The molecule has 14 heteroatoms. The van der Waals surface area contributed by atoms with Gasteiger partial charge in [0.1, 0.15) is 5.75 Å². The molecule has 1 aliphatic rings. The highest BCUT2D eigenvalue weighted by Crippen LogP contribution is 2.38. The summed E-state index contributed by atoms with van der Waals surface area (Å²) in [5, 5.41) is 2.92. The number of halogens is 4. The number of nitrogens with zero attached hydrogens (tertiary/aromatic N) is 1. The highest BCUT2D eigenvalue weighted by Gasteiger charge is 2.24. The molecular weight excluding hydrogens is 627 g/mol. The predicted molar refractivity (Wildman–Crippen MR) is 159 cm³/mol. The van der Waals surface area contributed by atoms with Crippen molar-refractivity contribution in [1.82, 2.24) is 9.71 Å². The first-order chi connectivity index (χ1) is 20.5. The Hall–Kier alpha value is -3.19. The van der Waals surface area contributed by atoms with Gasteiger partial charge in [-0.2, -0.15) is 8.78 Å². The summed E-state index contributed by atoms with van der Waals surface area (Å²) in [6.07, 6.45) is 4.36. The maximum absolute atomic E-state index is 13.1. The summed E-state index contributed by atoms with van der Waals surface area (Å²) in [6, 6.07) is 9.97. The molecule has 1 unspecified atom stereocenters. The topological polar surface area (TPSA) is 116 Å². The second-order valence-corrected chi connectivity index (χ2v) is 12.6. The number of pyridine rings is 1. The fraction of sp³-hybridized carbons (Fsp3) is 0.379. The minimum atomic E-state index is -3.69. The summed E-state index contributed by atoms with van der Waals surface area (Å²) >= 11 is 12.9. The second-order valence-electron chi connectivity index (χ2n) is 10.0. The first-order valence-corrected chi connectivity index (χ1v) is 15.7. The number of benzene rings is 2. The van der Waals surface area contributed by atoms with E-state index in [1.165, 1.54) is 43.6 Å². The molecule has 0 spiro atoms. The van der Waals surface area contributed by atoms with Gasteiger partial charge in [0.2, 0.25) is 10.0 Å². The Bertz CT molecular complexity index is 1540. The molecule has 0 aliphatic heterocycles.